The highest BCUT2D eigenvalue weighted by molar-refractivity contribution is 5.76. The Labute approximate surface area is 117 Å². The van der Waals surface area contributed by atoms with Gasteiger partial charge in [0.05, 0.1) is 0 Å². The Morgan fingerprint density at radius 1 is 1.21 bits per heavy atom. The van der Waals surface area contributed by atoms with Crippen molar-refractivity contribution >= 4 is 5.91 Å². The van der Waals surface area contributed by atoms with E-state index < -0.39 is 0 Å². The number of nitrogens with zero attached hydrogens (tertiary/aromatic N) is 2. The quantitative estimate of drug-likeness (QED) is 0.819. The van der Waals surface area contributed by atoms with Crippen LogP contribution in [0.25, 0.3) is 0 Å². The Kier molecular flexibility index (Phi) is 5.64. The zero-order valence-electron chi connectivity index (χ0n) is 12.5. The standard InChI is InChI=1S/C15H29N3O/c1-13(2)16-8-6-15(19)18-11-7-14(12-18)17-9-4-3-5-10-17/h13-14,16H,3-12H2,1-2H3. The summed E-state index contributed by atoms with van der Waals surface area (Å²) in [5, 5.41) is 3.32. The largest absolute Gasteiger partial charge is 0.341 e. The number of carbonyl (C=O) groups is 1. The van der Waals surface area contributed by atoms with Crippen molar-refractivity contribution < 1.29 is 4.79 Å². The fourth-order valence-corrected chi connectivity index (χ4v) is 3.18. The molecule has 0 bridgehead atoms. The van der Waals surface area contributed by atoms with Gasteiger partial charge in [-0.15, -0.1) is 0 Å². The maximum atomic E-state index is 12.1. The number of nitrogens with one attached hydrogen (secondary N) is 1. The van der Waals surface area contributed by atoms with Crippen LogP contribution in [0.4, 0.5) is 0 Å². The molecule has 4 heteroatoms. The fraction of sp³-hybridized carbons (Fsp3) is 0.933. The van der Waals surface area contributed by atoms with Crippen LogP contribution in [0.1, 0.15) is 46.0 Å². The van der Waals surface area contributed by atoms with E-state index in [0.29, 0.717) is 24.4 Å². The summed E-state index contributed by atoms with van der Waals surface area (Å²) in [4.78, 5) is 16.8. The third kappa shape index (κ3) is 4.46. The average Bonchev–Trinajstić information content (AvgIpc) is 2.89. The highest BCUT2D eigenvalue weighted by Crippen LogP contribution is 2.20. The maximum absolute atomic E-state index is 12.1. The SMILES string of the molecule is CC(C)NCCC(=O)N1CCC(N2CCCCC2)C1. The molecular weight excluding hydrogens is 238 g/mol. The van der Waals surface area contributed by atoms with E-state index in [0.717, 1.165) is 19.6 Å². The van der Waals surface area contributed by atoms with Gasteiger partial charge in [-0.05, 0) is 32.4 Å². The minimum absolute atomic E-state index is 0.327. The summed E-state index contributed by atoms with van der Waals surface area (Å²) in [6.45, 7) is 9.44. The number of likely N-dealkylation sites (tertiary alicyclic amines) is 2. The van der Waals surface area contributed by atoms with Gasteiger partial charge >= 0.3 is 0 Å². The molecule has 2 fully saturated rings. The van der Waals surface area contributed by atoms with E-state index >= 15 is 0 Å². The van der Waals surface area contributed by atoms with Crippen molar-refractivity contribution in [2.24, 2.45) is 0 Å². The molecule has 0 aromatic heterocycles. The molecule has 0 radical (unpaired) electrons. The smallest absolute Gasteiger partial charge is 0.223 e. The molecule has 1 atom stereocenters. The van der Waals surface area contributed by atoms with Crippen molar-refractivity contribution in [1.29, 1.82) is 0 Å². The number of hydrogen-bond donors (Lipinski definition) is 1. The molecule has 2 rings (SSSR count). The molecule has 2 heterocycles. The van der Waals surface area contributed by atoms with Crippen LogP contribution in [0.15, 0.2) is 0 Å². The lowest BCUT2D eigenvalue weighted by molar-refractivity contribution is -0.130. The van der Waals surface area contributed by atoms with Gasteiger partial charge in [0.25, 0.3) is 0 Å². The Balaban J connectivity index is 1.70. The van der Waals surface area contributed by atoms with Crippen molar-refractivity contribution in [3.63, 3.8) is 0 Å². The maximum Gasteiger partial charge on any atom is 0.223 e. The second kappa shape index (κ2) is 7.25. The number of hydrogen-bond acceptors (Lipinski definition) is 3. The highest BCUT2D eigenvalue weighted by Gasteiger charge is 2.30. The van der Waals surface area contributed by atoms with Gasteiger partial charge in [0.1, 0.15) is 0 Å². The van der Waals surface area contributed by atoms with Crippen molar-refractivity contribution in [3.8, 4) is 0 Å². The summed E-state index contributed by atoms with van der Waals surface area (Å²) in [6.07, 6.45) is 5.87. The monoisotopic (exact) mass is 267 g/mol. The topological polar surface area (TPSA) is 35.6 Å². The molecule has 2 aliphatic rings. The van der Waals surface area contributed by atoms with Crippen LogP contribution in [-0.2, 0) is 4.79 Å². The number of carbonyl (C=O) groups excluding carboxylic acids is 1. The molecule has 0 spiro atoms. The summed E-state index contributed by atoms with van der Waals surface area (Å²) in [5.41, 5.74) is 0. The molecule has 0 saturated carbocycles. The van der Waals surface area contributed by atoms with Crippen LogP contribution in [0.3, 0.4) is 0 Å². The molecule has 1 unspecified atom stereocenters. The summed E-state index contributed by atoms with van der Waals surface area (Å²) in [7, 11) is 0. The van der Waals surface area contributed by atoms with Crippen molar-refractivity contribution in [2.45, 2.75) is 58.0 Å². The number of amides is 1. The first-order valence-corrected chi connectivity index (χ1v) is 7.92. The first kappa shape index (κ1) is 14.8. The van der Waals surface area contributed by atoms with E-state index in [2.05, 4.69) is 29.0 Å². The van der Waals surface area contributed by atoms with Crippen LogP contribution >= 0.6 is 0 Å². The number of rotatable bonds is 5. The third-order valence-corrected chi connectivity index (χ3v) is 4.31. The second-order valence-corrected chi connectivity index (χ2v) is 6.24. The van der Waals surface area contributed by atoms with E-state index in [1.165, 1.54) is 38.8 Å². The van der Waals surface area contributed by atoms with Crippen LogP contribution < -0.4 is 5.32 Å². The Morgan fingerprint density at radius 3 is 2.63 bits per heavy atom. The zero-order chi connectivity index (χ0) is 13.7. The molecule has 0 aromatic carbocycles. The molecular formula is C15H29N3O. The molecule has 0 aliphatic carbocycles. The normalized spacial score (nSPS) is 25.2. The summed E-state index contributed by atoms with van der Waals surface area (Å²) in [6, 6.07) is 1.09. The van der Waals surface area contributed by atoms with E-state index in [-0.39, 0.29) is 0 Å². The van der Waals surface area contributed by atoms with E-state index in [1.54, 1.807) is 0 Å². The van der Waals surface area contributed by atoms with Crippen molar-refractivity contribution in [3.05, 3.63) is 0 Å². The van der Waals surface area contributed by atoms with Crippen LogP contribution in [-0.4, -0.2) is 60.5 Å². The van der Waals surface area contributed by atoms with E-state index in [9.17, 15) is 4.79 Å². The Morgan fingerprint density at radius 2 is 1.95 bits per heavy atom. The number of piperidine rings is 1. The summed E-state index contributed by atoms with van der Waals surface area (Å²) < 4.78 is 0. The second-order valence-electron chi connectivity index (χ2n) is 6.24. The minimum Gasteiger partial charge on any atom is -0.341 e. The highest BCUT2D eigenvalue weighted by atomic mass is 16.2. The predicted octanol–water partition coefficient (Wildman–Crippen LogP) is 1.46. The minimum atomic E-state index is 0.327. The van der Waals surface area contributed by atoms with E-state index in [4.69, 9.17) is 0 Å². The molecule has 19 heavy (non-hydrogen) atoms. The van der Waals surface area contributed by atoms with Crippen molar-refractivity contribution in [1.82, 2.24) is 15.1 Å². The molecule has 2 saturated heterocycles. The summed E-state index contributed by atoms with van der Waals surface area (Å²) in [5.74, 6) is 0.327. The van der Waals surface area contributed by atoms with Crippen LogP contribution in [0.5, 0.6) is 0 Å². The Bertz CT molecular complexity index is 287. The van der Waals surface area contributed by atoms with Gasteiger partial charge in [0, 0.05) is 38.1 Å². The lowest BCUT2D eigenvalue weighted by Gasteiger charge is -2.32. The lowest BCUT2D eigenvalue weighted by Crippen LogP contribution is -2.42. The van der Waals surface area contributed by atoms with Crippen LogP contribution in [0.2, 0.25) is 0 Å². The van der Waals surface area contributed by atoms with Gasteiger partial charge in [-0.1, -0.05) is 20.3 Å². The molecule has 2 aliphatic heterocycles. The van der Waals surface area contributed by atoms with Gasteiger partial charge in [0.15, 0.2) is 0 Å². The lowest BCUT2D eigenvalue weighted by atomic mass is 10.1. The summed E-state index contributed by atoms with van der Waals surface area (Å²) >= 11 is 0. The average molecular weight is 267 g/mol. The molecule has 1 amide bonds. The van der Waals surface area contributed by atoms with Gasteiger partial charge in [-0.3, -0.25) is 9.69 Å². The van der Waals surface area contributed by atoms with Gasteiger partial charge in [-0.2, -0.15) is 0 Å². The van der Waals surface area contributed by atoms with Crippen molar-refractivity contribution in [2.75, 3.05) is 32.7 Å². The fourth-order valence-electron chi connectivity index (χ4n) is 3.18. The zero-order valence-corrected chi connectivity index (χ0v) is 12.5. The molecule has 4 nitrogen and oxygen atoms in total. The van der Waals surface area contributed by atoms with Crippen LogP contribution in [0, 0.1) is 0 Å². The molecule has 1 N–H and O–H groups in total. The molecule has 0 aromatic rings. The first-order valence-electron chi connectivity index (χ1n) is 7.92. The van der Waals surface area contributed by atoms with Gasteiger partial charge in [0.2, 0.25) is 5.91 Å². The predicted molar refractivity (Wildman–Crippen MR) is 78.2 cm³/mol. The van der Waals surface area contributed by atoms with Gasteiger partial charge in [-0.25, -0.2) is 0 Å². The van der Waals surface area contributed by atoms with Gasteiger partial charge < -0.3 is 10.2 Å². The Hall–Kier alpha value is -0.610. The molecule has 110 valence electrons. The first-order chi connectivity index (χ1) is 9.16. The third-order valence-electron chi connectivity index (χ3n) is 4.31. The van der Waals surface area contributed by atoms with E-state index in [1.807, 2.05) is 0 Å².